The lowest BCUT2D eigenvalue weighted by Gasteiger charge is -2.18. The molecule has 3 heterocycles. The highest BCUT2D eigenvalue weighted by molar-refractivity contribution is 7.73. The van der Waals surface area contributed by atoms with Gasteiger partial charge < -0.3 is 19.7 Å². The van der Waals surface area contributed by atoms with Crippen LogP contribution in [0, 0.1) is 3.95 Å². The number of carbonyl (C=O) groups excluding carboxylic acids is 1. The van der Waals surface area contributed by atoms with Crippen LogP contribution in [0.3, 0.4) is 0 Å². The molecule has 0 saturated heterocycles. The van der Waals surface area contributed by atoms with Crippen LogP contribution in [-0.4, -0.2) is 33.9 Å². The molecular weight excluding hydrogens is 424 g/mol. The predicted octanol–water partition coefficient (Wildman–Crippen LogP) is 2.47. The molecule has 7 nitrogen and oxygen atoms in total. The average Bonchev–Trinajstić information content (AvgIpc) is 3.00. The molecule has 2 aliphatic rings. The van der Waals surface area contributed by atoms with E-state index in [0.717, 1.165) is 16.6 Å². The third kappa shape index (κ3) is 3.17. The zero-order valence-corrected chi connectivity index (χ0v) is 17.0. The molecule has 0 atom stereocenters. The molecule has 0 fully saturated rings. The number of rotatable bonds is 2. The molecule has 150 valence electrons. The summed E-state index contributed by atoms with van der Waals surface area (Å²) in [7, 11) is 0. The Bertz CT molecular complexity index is 1420. The second-order valence-electron chi connectivity index (χ2n) is 6.63. The minimum Gasteiger partial charge on any atom is -0.508 e. The summed E-state index contributed by atoms with van der Waals surface area (Å²) >= 11 is 6.53. The third-order valence-electron chi connectivity index (χ3n) is 4.66. The van der Waals surface area contributed by atoms with E-state index in [1.54, 1.807) is 36.4 Å². The summed E-state index contributed by atoms with van der Waals surface area (Å²) in [5.41, 5.74) is 0.838. The van der Waals surface area contributed by atoms with Crippen LogP contribution < -0.4 is 20.0 Å². The molecular formula is C21H14N2O5S2. The molecule has 0 spiro atoms. The molecule has 5 rings (SSSR count). The van der Waals surface area contributed by atoms with Gasteiger partial charge in [-0.3, -0.25) is 9.36 Å². The average molecular weight is 438 g/mol. The first-order valence-electron chi connectivity index (χ1n) is 9.00. The Morgan fingerprint density at radius 2 is 1.90 bits per heavy atom. The largest absolute Gasteiger partial charge is 0.508 e. The molecule has 0 unspecified atom stereocenters. The molecule has 30 heavy (non-hydrogen) atoms. The first kappa shape index (κ1) is 18.6. The number of aromatic hydroxyl groups is 2. The van der Waals surface area contributed by atoms with Crippen molar-refractivity contribution >= 4 is 41.6 Å². The molecule has 0 radical (unpaired) electrons. The van der Waals surface area contributed by atoms with E-state index in [-0.39, 0.29) is 11.6 Å². The quantitative estimate of drug-likeness (QED) is 0.472. The van der Waals surface area contributed by atoms with Crippen molar-refractivity contribution < 1.29 is 24.5 Å². The van der Waals surface area contributed by atoms with Crippen LogP contribution in [0.15, 0.2) is 47.0 Å². The number of amides is 1. The van der Waals surface area contributed by atoms with Crippen LogP contribution in [0.2, 0.25) is 0 Å². The second-order valence-corrected chi connectivity index (χ2v) is 8.30. The van der Waals surface area contributed by atoms with Crippen molar-refractivity contribution in [2.75, 3.05) is 13.2 Å². The van der Waals surface area contributed by atoms with Crippen molar-refractivity contribution in [1.29, 1.82) is 0 Å². The van der Waals surface area contributed by atoms with Gasteiger partial charge in [-0.1, -0.05) is 6.07 Å². The fourth-order valence-electron chi connectivity index (χ4n) is 3.29. The van der Waals surface area contributed by atoms with Gasteiger partial charge in [-0.15, -0.1) is 11.3 Å². The highest BCUT2D eigenvalue weighted by Gasteiger charge is 2.18. The van der Waals surface area contributed by atoms with E-state index >= 15 is 0 Å². The maximum Gasteiger partial charge on any atom is 0.277 e. The summed E-state index contributed by atoms with van der Waals surface area (Å²) in [4.78, 5) is 17.1. The van der Waals surface area contributed by atoms with E-state index in [4.69, 9.17) is 21.7 Å². The fourth-order valence-corrected chi connectivity index (χ4v) is 4.59. The number of hydrogen-bond acceptors (Lipinski definition) is 7. The van der Waals surface area contributed by atoms with Crippen LogP contribution >= 0.6 is 23.6 Å². The lowest BCUT2D eigenvalue weighted by molar-refractivity contribution is -0.114. The maximum atomic E-state index is 12.6. The Balaban J connectivity index is 1.61. The Morgan fingerprint density at radius 3 is 2.67 bits per heavy atom. The molecule has 1 aromatic heterocycles. The number of fused-ring (bicyclic) bond motifs is 2. The zero-order chi connectivity index (χ0) is 20.8. The molecule has 0 saturated carbocycles. The van der Waals surface area contributed by atoms with Crippen molar-refractivity contribution in [3.63, 3.8) is 0 Å². The van der Waals surface area contributed by atoms with Crippen molar-refractivity contribution in [2.24, 2.45) is 4.99 Å². The van der Waals surface area contributed by atoms with Crippen LogP contribution in [0.5, 0.6) is 23.1 Å². The van der Waals surface area contributed by atoms with Gasteiger partial charge in [-0.2, -0.15) is 0 Å². The molecule has 2 aliphatic heterocycles. The van der Waals surface area contributed by atoms with Crippen LogP contribution in [0.4, 0.5) is 0 Å². The lowest BCUT2D eigenvalue weighted by atomic mass is 10.1. The summed E-state index contributed by atoms with van der Waals surface area (Å²) in [5, 5.41) is 21.7. The number of phenolic OH excluding ortho intramolecular Hbond substituents is 1. The van der Waals surface area contributed by atoms with Crippen LogP contribution in [-0.2, 0) is 4.79 Å². The van der Waals surface area contributed by atoms with Gasteiger partial charge in [0, 0.05) is 22.9 Å². The van der Waals surface area contributed by atoms with Crippen molar-refractivity contribution in [2.45, 2.75) is 0 Å². The predicted molar refractivity (Wildman–Crippen MR) is 113 cm³/mol. The van der Waals surface area contributed by atoms with Gasteiger partial charge in [0.25, 0.3) is 5.91 Å². The topological polar surface area (TPSA) is 93.3 Å². The maximum absolute atomic E-state index is 12.6. The van der Waals surface area contributed by atoms with Crippen molar-refractivity contribution in [3.05, 3.63) is 61.4 Å². The highest BCUT2D eigenvalue weighted by atomic mass is 32.1. The normalized spacial score (nSPS) is 16.0. The Hall–Kier alpha value is -3.43. The summed E-state index contributed by atoms with van der Waals surface area (Å²) in [5.74, 6) is 0.685. The van der Waals surface area contributed by atoms with Gasteiger partial charge in [-0.05, 0) is 42.6 Å². The summed E-state index contributed by atoms with van der Waals surface area (Å²) in [6.07, 6.45) is 3.25. The van der Waals surface area contributed by atoms with Crippen molar-refractivity contribution in [1.82, 2.24) is 4.57 Å². The standard InChI is InChI=1S/C21H14N2O5S2/c24-14-3-1-2-13(9-14)23-20(26)18(30-21(23)29)8-12-6-11-7-16-17(28-5-4-27-16)10-15(11)22-19(12)25/h1-3,6-10,24,26H,4-5H2. The Kier molecular flexibility index (Phi) is 4.41. The van der Waals surface area contributed by atoms with Crippen LogP contribution in [0.1, 0.15) is 4.88 Å². The number of nitrogens with zero attached hydrogens (tertiary/aromatic N) is 2. The Labute approximate surface area is 179 Å². The zero-order valence-electron chi connectivity index (χ0n) is 15.4. The minimum atomic E-state index is -0.429. The van der Waals surface area contributed by atoms with Gasteiger partial charge in [0.1, 0.15) is 19.0 Å². The number of phenols is 1. The molecule has 0 aliphatic carbocycles. The van der Waals surface area contributed by atoms with Gasteiger partial charge in [0.05, 0.1) is 15.9 Å². The fraction of sp³-hybridized carbons (Fsp3) is 0.0952. The monoisotopic (exact) mass is 438 g/mol. The molecule has 0 bridgehead atoms. The van der Waals surface area contributed by atoms with E-state index in [1.165, 1.54) is 16.7 Å². The minimum absolute atomic E-state index is 0.0561. The van der Waals surface area contributed by atoms with Gasteiger partial charge in [-0.25, -0.2) is 4.99 Å². The summed E-state index contributed by atoms with van der Waals surface area (Å²) < 4.78 is 13.0. The SMILES string of the molecule is O=C1N=c2cc3c(cc2=CC1=Cc1sc(=S)n(-c2cccc(O)c2)c1O)OCCO3. The number of ether oxygens (including phenoxy) is 2. The summed E-state index contributed by atoms with van der Waals surface area (Å²) in [6, 6.07) is 9.87. The number of thiazole rings is 1. The highest BCUT2D eigenvalue weighted by Crippen LogP contribution is 2.33. The number of hydrogen-bond donors (Lipinski definition) is 2. The Morgan fingerprint density at radius 1 is 1.13 bits per heavy atom. The van der Waals surface area contributed by atoms with E-state index in [1.807, 2.05) is 0 Å². The third-order valence-corrected chi connectivity index (χ3v) is 5.97. The van der Waals surface area contributed by atoms with Gasteiger partial charge in [0.2, 0.25) is 5.88 Å². The molecule has 2 N–H and O–H groups in total. The number of carbonyl (C=O) groups is 1. The van der Waals surface area contributed by atoms with E-state index in [2.05, 4.69) is 4.99 Å². The molecule has 1 amide bonds. The number of benzene rings is 2. The summed E-state index contributed by atoms with van der Waals surface area (Å²) in [6.45, 7) is 0.916. The molecule has 9 heteroatoms. The van der Waals surface area contributed by atoms with E-state index in [9.17, 15) is 15.0 Å². The second kappa shape index (κ2) is 7.12. The van der Waals surface area contributed by atoms with E-state index < -0.39 is 5.91 Å². The first-order valence-corrected chi connectivity index (χ1v) is 10.2. The van der Waals surface area contributed by atoms with E-state index in [0.29, 0.717) is 50.2 Å². The molecule has 2 aromatic carbocycles. The smallest absolute Gasteiger partial charge is 0.277 e. The van der Waals surface area contributed by atoms with Gasteiger partial charge in [0.15, 0.2) is 15.5 Å². The molecule has 3 aromatic rings. The van der Waals surface area contributed by atoms with Gasteiger partial charge >= 0.3 is 0 Å². The number of aromatic nitrogens is 1. The van der Waals surface area contributed by atoms with Crippen molar-refractivity contribution in [3.8, 4) is 28.8 Å². The lowest BCUT2D eigenvalue weighted by Crippen LogP contribution is -2.32. The van der Waals surface area contributed by atoms with Crippen LogP contribution in [0.25, 0.3) is 17.8 Å². The first-order chi connectivity index (χ1) is 14.5.